The Morgan fingerprint density at radius 2 is 1.90 bits per heavy atom. The normalized spacial score (nSPS) is 10.3. The number of hydrogen-bond acceptors (Lipinski definition) is 4. The predicted octanol–water partition coefficient (Wildman–Crippen LogP) is 4.21. The van der Waals surface area contributed by atoms with E-state index in [1.165, 1.54) is 3.57 Å². The number of nitrogens with zero attached hydrogens (tertiary/aromatic N) is 2. The standard InChI is InChI=1S/C15H19IN4/c1-3-8-17-14-10-15(20-13(4-2)19-14)18-12-7-5-6-11(16)9-12/h5-7,9-10H,3-4,8H2,1-2H3,(H2,17,18,19,20). The molecule has 0 unspecified atom stereocenters. The molecular formula is C15H19IN4. The van der Waals surface area contributed by atoms with Gasteiger partial charge in [-0.1, -0.05) is 19.9 Å². The van der Waals surface area contributed by atoms with Crippen molar-refractivity contribution in [1.82, 2.24) is 9.97 Å². The summed E-state index contributed by atoms with van der Waals surface area (Å²) in [6, 6.07) is 10.2. The first kappa shape index (κ1) is 15.0. The minimum Gasteiger partial charge on any atom is -0.370 e. The Labute approximate surface area is 133 Å². The van der Waals surface area contributed by atoms with Gasteiger partial charge in [0.2, 0.25) is 0 Å². The summed E-state index contributed by atoms with van der Waals surface area (Å²) in [6.45, 7) is 5.12. The lowest BCUT2D eigenvalue weighted by atomic mass is 10.3. The average Bonchev–Trinajstić information content (AvgIpc) is 2.45. The number of aromatic nitrogens is 2. The van der Waals surface area contributed by atoms with Gasteiger partial charge in [-0.25, -0.2) is 9.97 Å². The smallest absolute Gasteiger partial charge is 0.136 e. The quantitative estimate of drug-likeness (QED) is 0.735. The molecular weight excluding hydrogens is 363 g/mol. The van der Waals surface area contributed by atoms with Gasteiger partial charge in [0.1, 0.15) is 17.5 Å². The van der Waals surface area contributed by atoms with E-state index in [-0.39, 0.29) is 0 Å². The van der Waals surface area contributed by atoms with E-state index in [9.17, 15) is 0 Å². The van der Waals surface area contributed by atoms with Crippen LogP contribution in [0.5, 0.6) is 0 Å². The molecule has 0 saturated heterocycles. The van der Waals surface area contributed by atoms with E-state index in [2.05, 4.69) is 69.2 Å². The lowest BCUT2D eigenvalue weighted by Crippen LogP contribution is -2.06. The molecule has 0 fully saturated rings. The molecule has 106 valence electrons. The van der Waals surface area contributed by atoms with Gasteiger partial charge in [-0.15, -0.1) is 0 Å². The number of halogens is 1. The number of nitrogens with one attached hydrogen (secondary N) is 2. The van der Waals surface area contributed by atoms with Crippen LogP contribution in [0.4, 0.5) is 17.3 Å². The van der Waals surface area contributed by atoms with Crippen molar-refractivity contribution in [2.75, 3.05) is 17.2 Å². The maximum absolute atomic E-state index is 4.52. The fraction of sp³-hybridized carbons (Fsp3) is 0.333. The minimum atomic E-state index is 0.822. The van der Waals surface area contributed by atoms with Crippen molar-refractivity contribution in [1.29, 1.82) is 0 Å². The molecule has 20 heavy (non-hydrogen) atoms. The molecule has 1 aromatic carbocycles. The molecule has 1 aromatic heterocycles. The van der Waals surface area contributed by atoms with E-state index >= 15 is 0 Å². The predicted molar refractivity (Wildman–Crippen MR) is 92.6 cm³/mol. The van der Waals surface area contributed by atoms with Crippen LogP contribution in [0.15, 0.2) is 30.3 Å². The van der Waals surface area contributed by atoms with Crippen LogP contribution in [0.25, 0.3) is 0 Å². The van der Waals surface area contributed by atoms with E-state index in [4.69, 9.17) is 0 Å². The maximum atomic E-state index is 4.52. The van der Waals surface area contributed by atoms with Gasteiger partial charge in [-0.3, -0.25) is 0 Å². The summed E-state index contributed by atoms with van der Waals surface area (Å²) >= 11 is 2.30. The van der Waals surface area contributed by atoms with Crippen molar-refractivity contribution in [3.05, 3.63) is 39.7 Å². The largest absolute Gasteiger partial charge is 0.370 e. The van der Waals surface area contributed by atoms with E-state index < -0.39 is 0 Å². The Hall–Kier alpha value is -1.37. The van der Waals surface area contributed by atoms with E-state index in [1.54, 1.807) is 0 Å². The molecule has 0 amide bonds. The molecule has 0 aliphatic carbocycles. The highest BCUT2D eigenvalue weighted by atomic mass is 127. The summed E-state index contributed by atoms with van der Waals surface area (Å²) in [7, 11) is 0. The third-order valence-corrected chi connectivity index (χ3v) is 3.41. The molecule has 0 aliphatic heterocycles. The second-order valence-electron chi connectivity index (χ2n) is 4.47. The summed E-state index contributed by atoms with van der Waals surface area (Å²) in [6.07, 6.45) is 1.90. The Kier molecular flexibility index (Phi) is 5.58. The SMILES string of the molecule is CCCNc1cc(Nc2cccc(I)c2)nc(CC)n1. The number of anilines is 3. The van der Waals surface area contributed by atoms with Gasteiger partial charge in [0.15, 0.2) is 0 Å². The van der Waals surface area contributed by atoms with Crippen molar-refractivity contribution in [2.45, 2.75) is 26.7 Å². The third kappa shape index (κ3) is 4.33. The zero-order valence-corrected chi connectivity index (χ0v) is 13.9. The number of hydrogen-bond donors (Lipinski definition) is 2. The summed E-state index contributed by atoms with van der Waals surface area (Å²) < 4.78 is 1.20. The van der Waals surface area contributed by atoms with Gasteiger partial charge in [0.25, 0.3) is 0 Å². The van der Waals surface area contributed by atoms with Crippen molar-refractivity contribution in [2.24, 2.45) is 0 Å². The van der Waals surface area contributed by atoms with Crippen molar-refractivity contribution in [3.63, 3.8) is 0 Å². The first-order chi connectivity index (χ1) is 9.71. The monoisotopic (exact) mass is 382 g/mol. The molecule has 4 nitrogen and oxygen atoms in total. The van der Waals surface area contributed by atoms with Gasteiger partial charge in [-0.05, 0) is 47.2 Å². The highest BCUT2D eigenvalue weighted by molar-refractivity contribution is 14.1. The Balaban J connectivity index is 2.21. The Bertz CT molecular complexity index is 572. The van der Waals surface area contributed by atoms with E-state index in [0.29, 0.717) is 0 Å². The maximum Gasteiger partial charge on any atom is 0.136 e. The van der Waals surface area contributed by atoms with Gasteiger partial charge < -0.3 is 10.6 Å². The second kappa shape index (κ2) is 7.42. The molecule has 0 saturated carbocycles. The van der Waals surface area contributed by atoms with Crippen LogP contribution in [0, 0.1) is 3.57 Å². The third-order valence-electron chi connectivity index (χ3n) is 2.74. The van der Waals surface area contributed by atoms with E-state index in [0.717, 1.165) is 42.5 Å². The van der Waals surface area contributed by atoms with Crippen LogP contribution in [-0.2, 0) is 6.42 Å². The van der Waals surface area contributed by atoms with Crippen LogP contribution in [0.2, 0.25) is 0 Å². The lowest BCUT2D eigenvalue weighted by Gasteiger charge is -2.10. The highest BCUT2D eigenvalue weighted by Gasteiger charge is 2.04. The molecule has 2 N–H and O–H groups in total. The molecule has 0 aliphatic rings. The van der Waals surface area contributed by atoms with Gasteiger partial charge in [0.05, 0.1) is 0 Å². The molecule has 0 atom stereocenters. The Morgan fingerprint density at radius 1 is 1.10 bits per heavy atom. The molecule has 0 spiro atoms. The summed E-state index contributed by atoms with van der Waals surface area (Å²) in [5.41, 5.74) is 1.04. The van der Waals surface area contributed by atoms with E-state index in [1.807, 2.05) is 18.2 Å². The van der Waals surface area contributed by atoms with Crippen molar-refractivity contribution in [3.8, 4) is 0 Å². The van der Waals surface area contributed by atoms with Crippen LogP contribution in [0.1, 0.15) is 26.1 Å². The zero-order valence-electron chi connectivity index (χ0n) is 11.8. The topological polar surface area (TPSA) is 49.8 Å². The number of aryl methyl sites for hydroxylation is 1. The van der Waals surface area contributed by atoms with Crippen molar-refractivity contribution < 1.29 is 0 Å². The van der Waals surface area contributed by atoms with Gasteiger partial charge in [0, 0.05) is 28.3 Å². The minimum absolute atomic E-state index is 0.822. The number of rotatable bonds is 6. The first-order valence-corrected chi connectivity index (χ1v) is 7.93. The number of benzene rings is 1. The lowest BCUT2D eigenvalue weighted by molar-refractivity contribution is 0.919. The summed E-state index contributed by atoms with van der Waals surface area (Å²) in [5.74, 6) is 2.56. The van der Waals surface area contributed by atoms with Crippen molar-refractivity contribution >= 4 is 39.9 Å². The molecule has 0 radical (unpaired) electrons. The first-order valence-electron chi connectivity index (χ1n) is 6.85. The fourth-order valence-electron chi connectivity index (χ4n) is 1.78. The van der Waals surface area contributed by atoms with Crippen LogP contribution in [0.3, 0.4) is 0 Å². The molecule has 2 aromatic rings. The Morgan fingerprint density at radius 3 is 2.60 bits per heavy atom. The molecule has 5 heteroatoms. The zero-order chi connectivity index (χ0) is 14.4. The summed E-state index contributed by atoms with van der Waals surface area (Å²) in [4.78, 5) is 9.01. The average molecular weight is 382 g/mol. The van der Waals surface area contributed by atoms with Crippen LogP contribution < -0.4 is 10.6 Å². The second-order valence-corrected chi connectivity index (χ2v) is 5.72. The van der Waals surface area contributed by atoms with Gasteiger partial charge >= 0.3 is 0 Å². The molecule has 2 rings (SSSR count). The summed E-state index contributed by atoms with van der Waals surface area (Å²) in [5, 5.41) is 6.65. The molecule has 0 bridgehead atoms. The highest BCUT2D eigenvalue weighted by Crippen LogP contribution is 2.19. The van der Waals surface area contributed by atoms with Gasteiger partial charge in [-0.2, -0.15) is 0 Å². The van der Waals surface area contributed by atoms with Crippen LogP contribution >= 0.6 is 22.6 Å². The molecule has 1 heterocycles. The van der Waals surface area contributed by atoms with Crippen LogP contribution in [-0.4, -0.2) is 16.5 Å². The fourth-order valence-corrected chi connectivity index (χ4v) is 2.32.